The Hall–Kier alpha value is -1.04. The van der Waals surface area contributed by atoms with E-state index < -0.39 is 0 Å². The van der Waals surface area contributed by atoms with E-state index in [0.29, 0.717) is 19.0 Å². The molecular weight excluding hydrogens is 306 g/mol. The Bertz CT molecular complexity index is 484. The van der Waals surface area contributed by atoms with Gasteiger partial charge in [0, 0.05) is 37.1 Å². The molecule has 0 aromatic heterocycles. The fraction of sp³-hybridized carbons (Fsp3) is 0.611. The first kappa shape index (κ1) is 18.3. The third-order valence-electron chi connectivity index (χ3n) is 4.32. The fourth-order valence-corrected chi connectivity index (χ4v) is 3.78. The van der Waals surface area contributed by atoms with Crippen LogP contribution in [0.25, 0.3) is 0 Å². The maximum atomic E-state index is 12.2. The van der Waals surface area contributed by atoms with Crippen LogP contribution in [-0.4, -0.2) is 55.5 Å². The molecular formula is C18H29N3OS. The van der Waals surface area contributed by atoms with Gasteiger partial charge in [-0.25, -0.2) is 0 Å². The average molecular weight is 336 g/mol. The Balaban J connectivity index is 1.87. The zero-order chi connectivity index (χ0) is 16.7. The molecule has 1 saturated heterocycles. The quantitative estimate of drug-likeness (QED) is 0.801. The zero-order valence-corrected chi connectivity index (χ0v) is 15.3. The molecule has 0 bridgehead atoms. The first-order valence-electron chi connectivity index (χ1n) is 8.43. The minimum Gasteiger partial charge on any atom is -0.354 e. The smallest absolute Gasteiger partial charge is 0.221 e. The van der Waals surface area contributed by atoms with Gasteiger partial charge in [0.1, 0.15) is 0 Å². The van der Waals surface area contributed by atoms with Gasteiger partial charge >= 0.3 is 0 Å². The first-order chi connectivity index (χ1) is 11.1. The number of amides is 1. The molecule has 0 spiro atoms. The molecule has 0 saturated carbocycles. The summed E-state index contributed by atoms with van der Waals surface area (Å²) < 4.78 is 0. The largest absolute Gasteiger partial charge is 0.354 e. The molecule has 1 aromatic carbocycles. The lowest BCUT2D eigenvalue weighted by molar-refractivity contribution is -0.121. The van der Waals surface area contributed by atoms with Crippen LogP contribution in [0.3, 0.4) is 0 Å². The Labute approximate surface area is 144 Å². The number of benzene rings is 1. The molecule has 2 atom stereocenters. The fourth-order valence-electron chi connectivity index (χ4n) is 2.83. The summed E-state index contributed by atoms with van der Waals surface area (Å²) >= 11 is 1.92. The van der Waals surface area contributed by atoms with E-state index in [0.717, 1.165) is 24.5 Å². The van der Waals surface area contributed by atoms with Crippen molar-refractivity contribution in [2.45, 2.75) is 31.8 Å². The van der Waals surface area contributed by atoms with Gasteiger partial charge in [0.05, 0.1) is 6.04 Å². The average Bonchev–Trinajstić information content (AvgIpc) is 2.56. The van der Waals surface area contributed by atoms with Crippen molar-refractivity contribution in [3.63, 3.8) is 0 Å². The molecule has 23 heavy (non-hydrogen) atoms. The number of carbonyl (C=O) groups excluding carboxylic acids is 1. The number of carbonyl (C=O) groups is 1. The molecule has 128 valence electrons. The molecule has 4 nitrogen and oxygen atoms in total. The van der Waals surface area contributed by atoms with Crippen LogP contribution in [-0.2, 0) is 11.2 Å². The van der Waals surface area contributed by atoms with E-state index in [4.69, 9.17) is 0 Å². The van der Waals surface area contributed by atoms with E-state index in [1.165, 1.54) is 11.1 Å². The minimum absolute atomic E-state index is 0.141. The Morgan fingerprint density at radius 3 is 2.70 bits per heavy atom. The van der Waals surface area contributed by atoms with E-state index in [1.54, 1.807) is 0 Å². The summed E-state index contributed by atoms with van der Waals surface area (Å²) in [4.78, 5) is 14.4. The van der Waals surface area contributed by atoms with Crippen molar-refractivity contribution in [3.8, 4) is 0 Å². The highest BCUT2D eigenvalue weighted by atomic mass is 32.2. The molecule has 1 amide bonds. The third kappa shape index (κ3) is 5.83. The van der Waals surface area contributed by atoms with Crippen molar-refractivity contribution in [2.24, 2.45) is 0 Å². The van der Waals surface area contributed by atoms with Crippen molar-refractivity contribution >= 4 is 17.7 Å². The van der Waals surface area contributed by atoms with Crippen molar-refractivity contribution in [1.29, 1.82) is 0 Å². The second-order valence-electron chi connectivity index (χ2n) is 6.31. The topological polar surface area (TPSA) is 44.4 Å². The van der Waals surface area contributed by atoms with Gasteiger partial charge in [0.15, 0.2) is 0 Å². The van der Waals surface area contributed by atoms with Crippen LogP contribution in [0.5, 0.6) is 0 Å². The van der Waals surface area contributed by atoms with Gasteiger partial charge in [0.25, 0.3) is 0 Å². The molecule has 2 unspecified atom stereocenters. The molecule has 0 aliphatic carbocycles. The summed E-state index contributed by atoms with van der Waals surface area (Å²) in [5.41, 5.74) is 2.59. The maximum absolute atomic E-state index is 12.2. The van der Waals surface area contributed by atoms with Gasteiger partial charge in [-0.1, -0.05) is 31.2 Å². The van der Waals surface area contributed by atoms with E-state index in [9.17, 15) is 4.79 Å². The molecule has 1 aliphatic heterocycles. The molecule has 2 rings (SSSR count). The molecule has 5 heteroatoms. The maximum Gasteiger partial charge on any atom is 0.221 e. The number of likely N-dealkylation sites (N-methyl/N-ethyl adjacent to an activating group) is 1. The van der Waals surface area contributed by atoms with Gasteiger partial charge in [-0.2, -0.15) is 11.8 Å². The van der Waals surface area contributed by atoms with Gasteiger partial charge in [-0.05, 0) is 31.6 Å². The van der Waals surface area contributed by atoms with Gasteiger partial charge < -0.3 is 15.5 Å². The summed E-state index contributed by atoms with van der Waals surface area (Å²) in [6.07, 6.45) is 1.62. The monoisotopic (exact) mass is 335 g/mol. The molecule has 1 fully saturated rings. The van der Waals surface area contributed by atoms with Crippen molar-refractivity contribution < 1.29 is 4.79 Å². The highest BCUT2D eigenvalue weighted by Gasteiger charge is 2.19. The second kappa shape index (κ2) is 9.30. The number of aryl methyl sites for hydroxylation is 1. The summed E-state index contributed by atoms with van der Waals surface area (Å²) in [5.74, 6) is 2.32. The van der Waals surface area contributed by atoms with Crippen molar-refractivity contribution in [1.82, 2.24) is 15.5 Å². The first-order valence-corrected chi connectivity index (χ1v) is 9.58. The van der Waals surface area contributed by atoms with Crippen LogP contribution in [0.1, 0.15) is 30.5 Å². The molecule has 1 heterocycles. The number of nitrogens with zero attached hydrogens (tertiary/aromatic N) is 1. The molecule has 2 N–H and O–H groups in total. The standard InChI is InChI=1S/C18H29N3OS/c1-4-14-5-7-15(8-6-14)17(21(2)3)12-20-18(22)11-16-13-23-10-9-19-16/h5-8,16-17,19H,4,9-13H2,1-3H3,(H,20,22). The summed E-state index contributed by atoms with van der Waals surface area (Å²) in [7, 11) is 4.12. The number of rotatable bonds is 7. The lowest BCUT2D eigenvalue weighted by atomic mass is 10.0. The van der Waals surface area contributed by atoms with Crippen LogP contribution in [0.4, 0.5) is 0 Å². The lowest BCUT2D eigenvalue weighted by Gasteiger charge is -2.26. The summed E-state index contributed by atoms with van der Waals surface area (Å²) in [5, 5.41) is 6.52. The molecule has 1 aromatic rings. The summed E-state index contributed by atoms with van der Waals surface area (Å²) in [6.45, 7) is 3.82. The Morgan fingerprint density at radius 2 is 2.13 bits per heavy atom. The van der Waals surface area contributed by atoms with Crippen LogP contribution in [0.2, 0.25) is 0 Å². The number of thioether (sulfide) groups is 1. The second-order valence-corrected chi connectivity index (χ2v) is 7.46. The minimum atomic E-state index is 0.141. The normalized spacial score (nSPS) is 19.6. The van der Waals surface area contributed by atoms with E-state index >= 15 is 0 Å². The van der Waals surface area contributed by atoms with E-state index in [-0.39, 0.29) is 11.9 Å². The van der Waals surface area contributed by atoms with Gasteiger partial charge in [-0.15, -0.1) is 0 Å². The van der Waals surface area contributed by atoms with Crippen LogP contribution in [0.15, 0.2) is 24.3 Å². The predicted molar refractivity (Wildman–Crippen MR) is 99.0 cm³/mol. The predicted octanol–water partition coefficient (Wildman–Crippen LogP) is 2.06. The Kier molecular flexibility index (Phi) is 7.40. The Morgan fingerprint density at radius 1 is 1.39 bits per heavy atom. The van der Waals surface area contributed by atoms with Crippen LogP contribution >= 0.6 is 11.8 Å². The van der Waals surface area contributed by atoms with E-state index in [1.807, 2.05) is 11.8 Å². The SMILES string of the molecule is CCc1ccc(C(CNC(=O)CC2CSCCN2)N(C)C)cc1. The van der Waals surface area contributed by atoms with Crippen molar-refractivity contribution in [2.75, 3.05) is 38.7 Å². The number of hydrogen-bond donors (Lipinski definition) is 2. The molecule has 1 aliphatic rings. The van der Waals surface area contributed by atoms with Crippen molar-refractivity contribution in [3.05, 3.63) is 35.4 Å². The highest BCUT2D eigenvalue weighted by molar-refractivity contribution is 7.99. The van der Waals surface area contributed by atoms with Gasteiger partial charge in [0.2, 0.25) is 5.91 Å². The highest BCUT2D eigenvalue weighted by Crippen LogP contribution is 2.18. The van der Waals surface area contributed by atoms with E-state index in [2.05, 4.69) is 60.8 Å². The van der Waals surface area contributed by atoms with Gasteiger partial charge in [-0.3, -0.25) is 4.79 Å². The zero-order valence-electron chi connectivity index (χ0n) is 14.5. The number of hydrogen-bond acceptors (Lipinski definition) is 4. The summed E-state index contributed by atoms with van der Waals surface area (Å²) in [6, 6.07) is 9.23. The third-order valence-corrected chi connectivity index (χ3v) is 5.45. The van der Waals surface area contributed by atoms with Crippen LogP contribution < -0.4 is 10.6 Å². The lowest BCUT2D eigenvalue weighted by Crippen LogP contribution is -2.42. The number of nitrogens with one attached hydrogen (secondary N) is 2. The van der Waals surface area contributed by atoms with Crippen LogP contribution in [0, 0.1) is 0 Å². The molecule has 0 radical (unpaired) electrons.